The number of H-pyrrole nitrogens is 1. The van der Waals surface area contributed by atoms with Crippen molar-refractivity contribution in [3.05, 3.63) is 22.4 Å². The highest BCUT2D eigenvalue weighted by atomic mass is 79.9. The lowest BCUT2D eigenvalue weighted by Gasteiger charge is -1.98. The molecule has 0 aliphatic rings. The highest BCUT2D eigenvalue weighted by molar-refractivity contribution is 9.10. The third-order valence-electron chi connectivity index (χ3n) is 1.34. The van der Waals surface area contributed by atoms with Gasteiger partial charge in [0, 0.05) is 36.0 Å². The van der Waals surface area contributed by atoms with Crippen LogP contribution in [0.4, 0.5) is 0 Å². The molecule has 1 rings (SSSR count). The van der Waals surface area contributed by atoms with E-state index in [2.05, 4.69) is 26.2 Å². The number of aromatic nitrogens is 1. The van der Waals surface area contributed by atoms with Gasteiger partial charge in [0.15, 0.2) is 0 Å². The minimum atomic E-state index is 0.682. The highest BCUT2D eigenvalue weighted by Gasteiger charge is 1.93. The molecule has 3 nitrogen and oxygen atoms in total. The maximum atomic E-state index is 5.32. The first-order chi connectivity index (χ1) is 5.33. The zero-order chi connectivity index (χ0) is 8.10. The fraction of sp³-hybridized carbons (Fsp3) is 0.429. The number of hydrogen-bond donors (Lipinski definition) is 3. The van der Waals surface area contributed by atoms with E-state index in [4.69, 9.17) is 5.73 Å². The average Bonchev–Trinajstić information content (AvgIpc) is 2.37. The maximum absolute atomic E-state index is 5.32. The molecule has 0 amide bonds. The quantitative estimate of drug-likeness (QED) is 0.655. The van der Waals surface area contributed by atoms with Crippen LogP contribution in [0, 0.1) is 0 Å². The van der Waals surface area contributed by atoms with Crippen LogP contribution < -0.4 is 11.1 Å². The van der Waals surface area contributed by atoms with Crippen molar-refractivity contribution in [3.8, 4) is 0 Å². The van der Waals surface area contributed by atoms with Gasteiger partial charge in [0.05, 0.1) is 0 Å². The summed E-state index contributed by atoms with van der Waals surface area (Å²) in [6.45, 7) is 2.39. The van der Waals surface area contributed by atoms with E-state index in [-0.39, 0.29) is 0 Å². The predicted molar refractivity (Wildman–Crippen MR) is 49.3 cm³/mol. The van der Waals surface area contributed by atoms with E-state index in [0.29, 0.717) is 6.54 Å². The van der Waals surface area contributed by atoms with Crippen LogP contribution in [0.15, 0.2) is 16.7 Å². The van der Waals surface area contributed by atoms with Gasteiger partial charge < -0.3 is 16.0 Å². The topological polar surface area (TPSA) is 53.8 Å². The summed E-state index contributed by atoms with van der Waals surface area (Å²) in [7, 11) is 0. The molecule has 0 spiro atoms. The normalized spacial score (nSPS) is 10.4. The van der Waals surface area contributed by atoms with Gasteiger partial charge in [-0.25, -0.2) is 0 Å². The minimum Gasteiger partial charge on any atom is -0.363 e. The van der Waals surface area contributed by atoms with E-state index >= 15 is 0 Å². The summed E-state index contributed by atoms with van der Waals surface area (Å²) in [5.74, 6) is 0. The largest absolute Gasteiger partial charge is 0.363 e. The summed E-state index contributed by atoms with van der Waals surface area (Å²) in [5.41, 5.74) is 6.49. The molecule has 0 aliphatic carbocycles. The molecule has 0 radical (unpaired) electrons. The summed E-state index contributed by atoms with van der Waals surface area (Å²) in [6, 6.07) is 2.05. The van der Waals surface area contributed by atoms with E-state index in [0.717, 1.165) is 17.6 Å². The molecule has 1 aromatic heterocycles. The molecule has 11 heavy (non-hydrogen) atoms. The summed E-state index contributed by atoms with van der Waals surface area (Å²) >= 11 is 3.36. The van der Waals surface area contributed by atoms with Crippen LogP contribution in [0.25, 0.3) is 0 Å². The van der Waals surface area contributed by atoms with Crippen molar-refractivity contribution in [1.82, 2.24) is 10.3 Å². The van der Waals surface area contributed by atoms with Crippen molar-refractivity contribution < 1.29 is 0 Å². The highest BCUT2D eigenvalue weighted by Crippen LogP contribution is 2.09. The zero-order valence-corrected chi connectivity index (χ0v) is 7.82. The van der Waals surface area contributed by atoms with Gasteiger partial charge in [0.1, 0.15) is 0 Å². The van der Waals surface area contributed by atoms with E-state index in [1.165, 1.54) is 5.69 Å². The molecule has 0 unspecified atom stereocenters. The van der Waals surface area contributed by atoms with Gasteiger partial charge in [-0.2, -0.15) is 0 Å². The molecule has 0 saturated carbocycles. The number of halogens is 1. The number of rotatable bonds is 4. The maximum Gasteiger partial charge on any atom is 0.0358 e. The average molecular weight is 218 g/mol. The molecule has 4 heteroatoms. The van der Waals surface area contributed by atoms with Crippen LogP contribution in [0.2, 0.25) is 0 Å². The van der Waals surface area contributed by atoms with Gasteiger partial charge in [-0.3, -0.25) is 0 Å². The summed E-state index contributed by atoms with van der Waals surface area (Å²) in [4.78, 5) is 3.11. The van der Waals surface area contributed by atoms with Crippen molar-refractivity contribution >= 4 is 15.9 Å². The van der Waals surface area contributed by atoms with Crippen molar-refractivity contribution in [2.24, 2.45) is 5.73 Å². The van der Waals surface area contributed by atoms with Crippen LogP contribution in [0.1, 0.15) is 5.69 Å². The molecule has 0 saturated heterocycles. The third kappa shape index (κ3) is 3.05. The Morgan fingerprint density at radius 3 is 3.00 bits per heavy atom. The molecule has 0 fully saturated rings. The Kier molecular flexibility index (Phi) is 3.62. The number of hydrogen-bond acceptors (Lipinski definition) is 2. The molecule has 4 N–H and O–H groups in total. The molecular formula is C7H12BrN3. The van der Waals surface area contributed by atoms with E-state index in [9.17, 15) is 0 Å². The van der Waals surface area contributed by atoms with Gasteiger partial charge >= 0.3 is 0 Å². The van der Waals surface area contributed by atoms with E-state index in [1.54, 1.807) is 0 Å². The molecule has 1 aromatic rings. The van der Waals surface area contributed by atoms with Gasteiger partial charge in [0.2, 0.25) is 0 Å². The SMILES string of the molecule is NCCNCc1cc(Br)c[nH]1. The second kappa shape index (κ2) is 4.54. The fourth-order valence-corrected chi connectivity index (χ4v) is 1.23. The number of nitrogens with two attached hydrogens (primary N) is 1. The van der Waals surface area contributed by atoms with Crippen LogP contribution >= 0.6 is 15.9 Å². The van der Waals surface area contributed by atoms with Gasteiger partial charge in [0.25, 0.3) is 0 Å². The Morgan fingerprint density at radius 2 is 2.45 bits per heavy atom. The standard InChI is InChI=1S/C7H12BrN3/c8-6-3-7(11-4-6)5-10-2-1-9/h3-4,10-11H,1-2,5,9H2. The van der Waals surface area contributed by atoms with Gasteiger partial charge in [-0.15, -0.1) is 0 Å². The monoisotopic (exact) mass is 217 g/mol. The Bertz CT molecular complexity index is 209. The zero-order valence-electron chi connectivity index (χ0n) is 6.23. The number of aromatic amines is 1. The van der Waals surface area contributed by atoms with Crippen molar-refractivity contribution in [2.45, 2.75) is 6.54 Å². The summed E-state index contributed by atoms with van der Waals surface area (Å²) < 4.78 is 1.09. The van der Waals surface area contributed by atoms with Crippen LogP contribution in [-0.2, 0) is 6.54 Å². The smallest absolute Gasteiger partial charge is 0.0358 e. The summed E-state index contributed by atoms with van der Waals surface area (Å²) in [6.07, 6.45) is 1.92. The van der Waals surface area contributed by atoms with E-state index in [1.807, 2.05) is 12.3 Å². The lowest BCUT2D eigenvalue weighted by atomic mass is 10.4. The Morgan fingerprint density at radius 1 is 1.64 bits per heavy atom. The Labute approximate surface area is 74.5 Å². The second-order valence-electron chi connectivity index (χ2n) is 2.31. The molecular weight excluding hydrogens is 206 g/mol. The van der Waals surface area contributed by atoms with Crippen molar-refractivity contribution in [3.63, 3.8) is 0 Å². The van der Waals surface area contributed by atoms with E-state index < -0.39 is 0 Å². The molecule has 0 bridgehead atoms. The Hall–Kier alpha value is -0.320. The van der Waals surface area contributed by atoms with Crippen LogP contribution in [0.5, 0.6) is 0 Å². The molecule has 1 heterocycles. The van der Waals surface area contributed by atoms with Crippen LogP contribution in [-0.4, -0.2) is 18.1 Å². The van der Waals surface area contributed by atoms with Crippen LogP contribution in [0.3, 0.4) is 0 Å². The molecule has 0 atom stereocenters. The summed E-state index contributed by atoms with van der Waals surface area (Å²) in [5, 5.41) is 3.19. The molecule has 62 valence electrons. The second-order valence-corrected chi connectivity index (χ2v) is 3.22. The lowest BCUT2D eigenvalue weighted by molar-refractivity contribution is 0.685. The fourth-order valence-electron chi connectivity index (χ4n) is 0.839. The third-order valence-corrected chi connectivity index (χ3v) is 1.80. The number of nitrogens with one attached hydrogen (secondary N) is 2. The minimum absolute atomic E-state index is 0.682. The first kappa shape index (κ1) is 8.77. The molecule has 0 aliphatic heterocycles. The lowest BCUT2D eigenvalue weighted by Crippen LogP contribution is -2.21. The first-order valence-electron chi connectivity index (χ1n) is 3.56. The van der Waals surface area contributed by atoms with Gasteiger partial charge in [-0.1, -0.05) is 0 Å². The first-order valence-corrected chi connectivity index (χ1v) is 4.36. The Balaban J connectivity index is 2.27. The van der Waals surface area contributed by atoms with Crippen molar-refractivity contribution in [1.29, 1.82) is 0 Å². The van der Waals surface area contributed by atoms with Crippen molar-refractivity contribution in [2.75, 3.05) is 13.1 Å². The van der Waals surface area contributed by atoms with Gasteiger partial charge in [-0.05, 0) is 22.0 Å². The predicted octanol–water partition coefficient (Wildman–Crippen LogP) is 0.825. The molecule has 0 aromatic carbocycles.